The number of carbonyl (C=O) groups excluding carboxylic acids is 1. The molecule has 0 aliphatic carbocycles. The van der Waals surface area contributed by atoms with Crippen LogP contribution in [0.1, 0.15) is 11.1 Å². The zero-order chi connectivity index (χ0) is 23.3. The van der Waals surface area contributed by atoms with Gasteiger partial charge in [-0.1, -0.05) is 66.2 Å². The molecule has 1 fully saturated rings. The van der Waals surface area contributed by atoms with Crippen molar-refractivity contribution in [2.24, 2.45) is 0 Å². The third-order valence-corrected chi connectivity index (χ3v) is 7.73. The van der Waals surface area contributed by atoms with E-state index in [0.29, 0.717) is 13.1 Å². The highest BCUT2D eigenvalue weighted by atomic mass is 32.2. The molecule has 7 heteroatoms. The van der Waals surface area contributed by atoms with Crippen molar-refractivity contribution in [2.45, 2.75) is 18.4 Å². The van der Waals surface area contributed by atoms with Gasteiger partial charge in [-0.2, -0.15) is 4.31 Å². The largest absolute Gasteiger partial charge is 0.368 e. The van der Waals surface area contributed by atoms with E-state index in [1.165, 1.54) is 4.31 Å². The number of piperazine rings is 1. The van der Waals surface area contributed by atoms with E-state index in [1.807, 2.05) is 49.4 Å². The van der Waals surface area contributed by atoms with Gasteiger partial charge >= 0.3 is 0 Å². The number of rotatable bonds is 7. The first-order chi connectivity index (χ1) is 15.9. The Labute approximate surface area is 196 Å². The zero-order valence-corrected chi connectivity index (χ0v) is 19.6. The van der Waals surface area contributed by atoms with Crippen LogP contribution in [0.5, 0.6) is 0 Å². The molecule has 0 spiro atoms. The average Bonchev–Trinajstić information content (AvgIpc) is 2.86. The Hall–Kier alpha value is -3.16. The predicted octanol–water partition coefficient (Wildman–Crippen LogP) is 3.53. The first-order valence-corrected chi connectivity index (χ1v) is 12.6. The molecule has 0 aromatic heterocycles. The maximum atomic E-state index is 13.4. The van der Waals surface area contributed by atoms with Gasteiger partial charge in [-0.3, -0.25) is 4.79 Å². The van der Waals surface area contributed by atoms with Crippen molar-refractivity contribution in [3.63, 3.8) is 0 Å². The van der Waals surface area contributed by atoms with Gasteiger partial charge in [0.25, 0.3) is 0 Å². The Morgan fingerprint density at radius 1 is 0.818 bits per heavy atom. The average molecular weight is 464 g/mol. The molecule has 33 heavy (non-hydrogen) atoms. The van der Waals surface area contributed by atoms with Crippen LogP contribution in [0.4, 0.5) is 5.69 Å². The second-order valence-electron chi connectivity index (χ2n) is 8.28. The number of anilines is 1. The Morgan fingerprint density at radius 3 is 2.00 bits per heavy atom. The Balaban J connectivity index is 1.49. The number of sulfonamides is 1. The number of hydrogen-bond acceptors (Lipinski definition) is 4. The van der Waals surface area contributed by atoms with E-state index in [1.54, 1.807) is 35.2 Å². The van der Waals surface area contributed by atoms with Crippen LogP contribution in [0.3, 0.4) is 0 Å². The lowest BCUT2D eigenvalue weighted by Gasteiger charge is -2.37. The van der Waals surface area contributed by atoms with E-state index in [-0.39, 0.29) is 23.9 Å². The molecule has 3 aromatic carbocycles. The molecule has 1 heterocycles. The Morgan fingerprint density at radius 2 is 1.39 bits per heavy atom. The van der Waals surface area contributed by atoms with Crippen molar-refractivity contribution >= 4 is 21.6 Å². The second-order valence-corrected chi connectivity index (χ2v) is 10.2. The van der Waals surface area contributed by atoms with Crippen LogP contribution < -0.4 is 4.90 Å². The summed E-state index contributed by atoms with van der Waals surface area (Å²) in [4.78, 5) is 17.4. The normalized spacial score (nSPS) is 14.5. The summed E-state index contributed by atoms with van der Waals surface area (Å²) in [5.41, 5.74) is 3.09. The molecule has 0 radical (unpaired) electrons. The standard InChI is InChI=1S/C26H29N3O3S/c1-22-12-14-23(15-13-22)20-29(33(31,32)25-10-6-3-7-11-25)21-26(30)28-18-16-27(17-19-28)24-8-4-2-5-9-24/h2-15H,16-21H2,1H3. The number of amides is 1. The van der Waals surface area contributed by atoms with Gasteiger partial charge in [0.05, 0.1) is 11.4 Å². The van der Waals surface area contributed by atoms with Gasteiger partial charge in [0.1, 0.15) is 0 Å². The predicted molar refractivity (Wildman–Crippen MR) is 130 cm³/mol. The molecule has 3 aromatic rings. The summed E-state index contributed by atoms with van der Waals surface area (Å²) in [5.74, 6) is -0.172. The monoisotopic (exact) mass is 463 g/mol. The van der Waals surface area contributed by atoms with Crippen LogP contribution in [0.15, 0.2) is 89.8 Å². The van der Waals surface area contributed by atoms with Gasteiger partial charge in [-0.15, -0.1) is 0 Å². The molecular weight excluding hydrogens is 434 g/mol. The summed E-state index contributed by atoms with van der Waals surface area (Å²) in [6.45, 7) is 4.53. The summed E-state index contributed by atoms with van der Waals surface area (Å²) in [7, 11) is -3.82. The van der Waals surface area contributed by atoms with Gasteiger partial charge in [-0.05, 0) is 36.8 Å². The van der Waals surface area contributed by atoms with E-state index in [0.717, 1.165) is 29.9 Å². The van der Waals surface area contributed by atoms with Gasteiger partial charge in [0, 0.05) is 38.4 Å². The quantitative estimate of drug-likeness (QED) is 0.538. The SMILES string of the molecule is Cc1ccc(CN(CC(=O)N2CCN(c3ccccc3)CC2)S(=O)(=O)c2ccccc2)cc1. The number of carbonyl (C=O) groups is 1. The first-order valence-electron chi connectivity index (χ1n) is 11.1. The topological polar surface area (TPSA) is 60.9 Å². The van der Waals surface area contributed by atoms with Gasteiger partial charge in [0.15, 0.2) is 0 Å². The smallest absolute Gasteiger partial charge is 0.243 e. The molecule has 172 valence electrons. The van der Waals surface area contributed by atoms with Gasteiger partial charge < -0.3 is 9.80 Å². The van der Waals surface area contributed by atoms with E-state index >= 15 is 0 Å². The molecule has 1 saturated heterocycles. The van der Waals surface area contributed by atoms with Gasteiger partial charge in [0.2, 0.25) is 15.9 Å². The number of hydrogen-bond donors (Lipinski definition) is 0. The highest BCUT2D eigenvalue weighted by Crippen LogP contribution is 2.20. The second kappa shape index (κ2) is 10.2. The van der Waals surface area contributed by atoms with Crippen LogP contribution in [0.2, 0.25) is 0 Å². The minimum absolute atomic E-state index is 0.146. The molecule has 1 amide bonds. The maximum absolute atomic E-state index is 13.4. The van der Waals surface area contributed by atoms with Crippen molar-refractivity contribution in [1.82, 2.24) is 9.21 Å². The maximum Gasteiger partial charge on any atom is 0.243 e. The van der Waals surface area contributed by atoms with Crippen LogP contribution in [0.25, 0.3) is 0 Å². The summed E-state index contributed by atoms with van der Waals surface area (Å²) in [6, 6.07) is 26.2. The fourth-order valence-electron chi connectivity index (χ4n) is 3.97. The number of para-hydroxylation sites is 1. The molecule has 0 bridgehead atoms. The van der Waals surface area contributed by atoms with Crippen LogP contribution in [-0.2, 0) is 21.4 Å². The van der Waals surface area contributed by atoms with Crippen LogP contribution in [0, 0.1) is 6.92 Å². The molecule has 1 aliphatic rings. The van der Waals surface area contributed by atoms with E-state index in [2.05, 4.69) is 17.0 Å². The van der Waals surface area contributed by atoms with E-state index < -0.39 is 10.0 Å². The molecule has 6 nitrogen and oxygen atoms in total. The molecule has 0 atom stereocenters. The van der Waals surface area contributed by atoms with E-state index in [9.17, 15) is 13.2 Å². The Kier molecular flexibility index (Phi) is 7.11. The van der Waals surface area contributed by atoms with Gasteiger partial charge in [-0.25, -0.2) is 8.42 Å². The fourth-order valence-corrected chi connectivity index (χ4v) is 5.37. The fraction of sp³-hybridized carbons (Fsp3) is 0.269. The lowest BCUT2D eigenvalue weighted by Crippen LogP contribution is -2.51. The molecule has 0 saturated carbocycles. The minimum Gasteiger partial charge on any atom is -0.368 e. The summed E-state index contributed by atoms with van der Waals surface area (Å²) in [5, 5.41) is 0. The van der Waals surface area contributed by atoms with Crippen molar-refractivity contribution in [1.29, 1.82) is 0 Å². The summed E-state index contributed by atoms with van der Waals surface area (Å²) in [6.07, 6.45) is 0. The number of nitrogens with zero attached hydrogens (tertiary/aromatic N) is 3. The first kappa shape index (κ1) is 23.0. The highest BCUT2D eigenvalue weighted by Gasteiger charge is 2.30. The van der Waals surface area contributed by atoms with E-state index in [4.69, 9.17) is 0 Å². The lowest BCUT2D eigenvalue weighted by atomic mass is 10.1. The number of aryl methyl sites for hydroxylation is 1. The Bertz CT molecular complexity index is 1160. The lowest BCUT2D eigenvalue weighted by molar-refractivity contribution is -0.131. The number of benzene rings is 3. The third-order valence-electron chi connectivity index (χ3n) is 5.93. The van der Waals surface area contributed by atoms with Crippen LogP contribution >= 0.6 is 0 Å². The van der Waals surface area contributed by atoms with Crippen molar-refractivity contribution in [2.75, 3.05) is 37.6 Å². The molecule has 0 unspecified atom stereocenters. The highest BCUT2D eigenvalue weighted by molar-refractivity contribution is 7.89. The molecular formula is C26H29N3O3S. The minimum atomic E-state index is -3.82. The van der Waals surface area contributed by atoms with Crippen LogP contribution in [-0.4, -0.2) is 56.3 Å². The molecule has 4 rings (SSSR count). The summed E-state index contributed by atoms with van der Waals surface area (Å²) >= 11 is 0. The third kappa shape index (κ3) is 5.61. The van der Waals surface area contributed by atoms with Crippen molar-refractivity contribution in [3.05, 3.63) is 96.1 Å². The molecule has 0 N–H and O–H groups in total. The summed E-state index contributed by atoms with van der Waals surface area (Å²) < 4.78 is 28.1. The molecule has 1 aliphatic heterocycles. The van der Waals surface area contributed by atoms with Crippen molar-refractivity contribution in [3.8, 4) is 0 Å². The zero-order valence-electron chi connectivity index (χ0n) is 18.8. The van der Waals surface area contributed by atoms with Crippen molar-refractivity contribution < 1.29 is 13.2 Å².